The van der Waals surface area contributed by atoms with Crippen molar-refractivity contribution in [3.8, 4) is 0 Å². The second kappa shape index (κ2) is 5.96. The van der Waals surface area contributed by atoms with E-state index in [2.05, 4.69) is 5.32 Å². The van der Waals surface area contributed by atoms with Gasteiger partial charge in [0, 0.05) is 5.02 Å². The molecule has 0 fully saturated rings. The van der Waals surface area contributed by atoms with E-state index in [0.29, 0.717) is 0 Å². The zero-order valence-electron chi connectivity index (χ0n) is 10.1. The third kappa shape index (κ3) is 3.30. The number of rotatable bonds is 3. The van der Waals surface area contributed by atoms with Gasteiger partial charge in [-0.25, -0.2) is 13.2 Å². The number of nitrogens with one attached hydrogen (secondary N) is 1. The Balaban J connectivity index is 2.13. The van der Waals surface area contributed by atoms with Gasteiger partial charge >= 0.3 is 0 Å². The van der Waals surface area contributed by atoms with Crippen LogP contribution in [0.15, 0.2) is 36.4 Å². The van der Waals surface area contributed by atoms with Crippen molar-refractivity contribution in [3.05, 3.63) is 64.4 Å². The quantitative estimate of drug-likeness (QED) is 0.914. The monoisotopic (exact) mass is 299 g/mol. The van der Waals surface area contributed by atoms with Crippen molar-refractivity contribution in [2.75, 3.05) is 5.32 Å². The van der Waals surface area contributed by atoms with Crippen LogP contribution >= 0.6 is 11.6 Å². The number of para-hydroxylation sites is 1. The minimum absolute atomic E-state index is 0.0867. The molecule has 0 aliphatic heterocycles. The smallest absolute Gasteiger partial charge is 0.229 e. The van der Waals surface area contributed by atoms with E-state index in [1.807, 2.05) is 0 Å². The molecule has 0 aromatic heterocycles. The van der Waals surface area contributed by atoms with E-state index in [1.165, 1.54) is 18.2 Å². The van der Waals surface area contributed by atoms with Gasteiger partial charge in [0.05, 0.1) is 6.42 Å². The maximum absolute atomic E-state index is 13.5. The van der Waals surface area contributed by atoms with Crippen molar-refractivity contribution in [3.63, 3.8) is 0 Å². The van der Waals surface area contributed by atoms with Gasteiger partial charge in [0.2, 0.25) is 5.91 Å². The van der Waals surface area contributed by atoms with E-state index < -0.39 is 29.0 Å². The molecule has 1 amide bonds. The summed E-state index contributed by atoms with van der Waals surface area (Å²) in [5, 5.41) is 2.28. The molecular weight excluding hydrogens is 291 g/mol. The van der Waals surface area contributed by atoms with Gasteiger partial charge in [-0.2, -0.15) is 0 Å². The van der Waals surface area contributed by atoms with Gasteiger partial charge in [0.15, 0.2) is 0 Å². The first-order valence-electron chi connectivity index (χ1n) is 5.65. The Labute approximate surface area is 118 Å². The predicted molar refractivity (Wildman–Crippen MR) is 70.1 cm³/mol. The van der Waals surface area contributed by atoms with Crippen LogP contribution in [0.2, 0.25) is 5.02 Å². The highest BCUT2D eigenvalue weighted by Gasteiger charge is 2.14. The first-order chi connectivity index (χ1) is 9.47. The lowest BCUT2D eigenvalue weighted by molar-refractivity contribution is -0.115. The molecule has 104 valence electrons. The van der Waals surface area contributed by atoms with Crippen LogP contribution in [0.5, 0.6) is 0 Å². The summed E-state index contributed by atoms with van der Waals surface area (Å²) in [7, 11) is 0. The van der Waals surface area contributed by atoms with Gasteiger partial charge in [-0.15, -0.1) is 0 Å². The van der Waals surface area contributed by atoms with E-state index in [-0.39, 0.29) is 17.0 Å². The second-order valence-corrected chi connectivity index (χ2v) is 4.49. The lowest BCUT2D eigenvalue weighted by Gasteiger charge is -2.08. The molecule has 2 aromatic carbocycles. The van der Waals surface area contributed by atoms with Gasteiger partial charge < -0.3 is 5.32 Å². The highest BCUT2D eigenvalue weighted by Crippen LogP contribution is 2.19. The molecule has 6 heteroatoms. The lowest BCUT2D eigenvalue weighted by Crippen LogP contribution is -2.17. The van der Waals surface area contributed by atoms with Gasteiger partial charge in [0.1, 0.15) is 23.1 Å². The fraction of sp³-hybridized carbons (Fsp3) is 0.0714. The third-order valence-electron chi connectivity index (χ3n) is 2.59. The van der Waals surface area contributed by atoms with Crippen molar-refractivity contribution in [1.82, 2.24) is 0 Å². The topological polar surface area (TPSA) is 29.1 Å². The molecule has 2 rings (SSSR count). The molecule has 0 spiro atoms. The van der Waals surface area contributed by atoms with Crippen LogP contribution in [0.4, 0.5) is 18.9 Å². The predicted octanol–water partition coefficient (Wildman–Crippen LogP) is 3.94. The summed E-state index contributed by atoms with van der Waals surface area (Å²) in [6.45, 7) is 0. The lowest BCUT2D eigenvalue weighted by atomic mass is 10.1. The fourth-order valence-electron chi connectivity index (χ4n) is 1.64. The highest BCUT2D eigenvalue weighted by molar-refractivity contribution is 6.30. The van der Waals surface area contributed by atoms with Crippen LogP contribution in [0.25, 0.3) is 0 Å². The van der Waals surface area contributed by atoms with Crippen molar-refractivity contribution in [1.29, 1.82) is 0 Å². The Bertz CT molecular complexity index is 641. The number of benzene rings is 2. The summed E-state index contributed by atoms with van der Waals surface area (Å²) >= 11 is 5.59. The van der Waals surface area contributed by atoms with E-state index in [1.54, 1.807) is 0 Å². The Hall–Kier alpha value is -2.01. The van der Waals surface area contributed by atoms with Gasteiger partial charge in [-0.3, -0.25) is 4.79 Å². The molecule has 0 aliphatic rings. The standard InChI is InChI=1S/C14H9ClF3NO/c15-9-5-4-8(12(18)7-9)6-13(20)19-14-10(16)2-1-3-11(14)17/h1-5,7H,6H2,(H,19,20). The normalized spacial score (nSPS) is 10.4. The molecule has 0 radical (unpaired) electrons. The molecule has 0 aliphatic carbocycles. The van der Waals surface area contributed by atoms with E-state index in [9.17, 15) is 18.0 Å². The van der Waals surface area contributed by atoms with E-state index >= 15 is 0 Å². The number of amides is 1. The molecule has 0 atom stereocenters. The largest absolute Gasteiger partial charge is 0.321 e. The molecule has 0 saturated heterocycles. The van der Waals surface area contributed by atoms with Crippen LogP contribution < -0.4 is 5.32 Å². The van der Waals surface area contributed by atoms with Crippen LogP contribution in [0.3, 0.4) is 0 Å². The zero-order valence-corrected chi connectivity index (χ0v) is 10.8. The molecule has 0 unspecified atom stereocenters. The third-order valence-corrected chi connectivity index (χ3v) is 2.83. The number of carbonyl (C=O) groups excluding carboxylic acids is 1. The average molecular weight is 300 g/mol. The second-order valence-electron chi connectivity index (χ2n) is 4.06. The number of carbonyl (C=O) groups is 1. The highest BCUT2D eigenvalue weighted by atomic mass is 35.5. The van der Waals surface area contributed by atoms with E-state index in [4.69, 9.17) is 11.6 Å². The first-order valence-corrected chi connectivity index (χ1v) is 6.03. The molecule has 1 N–H and O–H groups in total. The zero-order chi connectivity index (χ0) is 14.7. The van der Waals surface area contributed by atoms with Crippen molar-refractivity contribution < 1.29 is 18.0 Å². The molecule has 0 saturated carbocycles. The minimum Gasteiger partial charge on any atom is -0.321 e. The fourth-order valence-corrected chi connectivity index (χ4v) is 1.80. The summed E-state index contributed by atoms with van der Waals surface area (Å²) in [5.74, 6) is -3.17. The van der Waals surface area contributed by atoms with Gasteiger partial charge in [0.25, 0.3) is 0 Å². The first kappa shape index (κ1) is 14.4. The van der Waals surface area contributed by atoms with Crippen molar-refractivity contribution >= 4 is 23.2 Å². The van der Waals surface area contributed by atoms with Crippen LogP contribution in [0.1, 0.15) is 5.56 Å². The summed E-state index contributed by atoms with van der Waals surface area (Å²) in [4.78, 5) is 11.7. The number of hydrogen-bond donors (Lipinski definition) is 1. The van der Waals surface area contributed by atoms with Gasteiger partial charge in [-0.05, 0) is 29.8 Å². The Kier molecular flexibility index (Phi) is 4.29. The molecule has 2 nitrogen and oxygen atoms in total. The number of hydrogen-bond acceptors (Lipinski definition) is 1. The van der Waals surface area contributed by atoms with Crippen molar-refractivity contribution in [2.24, 2.45) is 0 Å². The summed E-state index contributed by atoms with van der Waals surface area (Å²) < 4.78 is 40.2. The Morgan fingerprint density at radius 1 is 1.05 bits per heavy atom. The number of halogens is 4. The summed E-state index contributed by atoms with van der Waals surface area (Å²) in [5.41, 5.74) is -0.462. The average Bonchev–Trinajstić information content (AvgIpc) is 2.37. The Morgan fingerprint density at radius 3 is 2.30 bits per heavy atom. The summed E-state index contributed by atoms with van der Waals surface area (Å²) in [6.07, 6.45) is -0.350. The maximum atomic E-state index is 13.5. The maximum Gasteiger partial charge on any atom is 0.229 e. The van der Waals surface area contributed by atoms with E-state index in [0.717, 1.165) is 18.2 Å². The summed E-state index contributed by atoms with van der Waals surface area (Å²) in [6, 6.07) is 7.04. The minimum atomic E-state index is -0.894. The van der Waals surface area contributed by atoms with Crippen LogP contribution in [0, 0.1) is 17.5 Å². The van der Waals surface area contributed by atoms with Crippen molar-refractivity contribution in [2.45, 2.75) is 6.42 Å². The SMILES string of the molecule is O=C(Cc1ccc(Cl)cc1F)Nc1c(F)cccc1F. The number of anilines is 1. The molecule has 2 aromatic rings. The molecular formula is C14H9ClF3NO. The Morgan fingerprint density at radius 2 is 1.70 bits per heavy atom. The van der Waals surface area contributed by atoms with Crippen LogP contribution in [-0.2, 0) is 11.2 Å². The van der Waals surface area contributed by atoms with Crippen LogP contribution in [-0.4, -0.2) is 5.91 Å². The van der Waals surface area contributed by atoms with Gasteiger partial charge in [-0.1, -0.05) is 23.7 Å². The molecule has 0 bridgehead atoms. The molecule has 0 heterocycles. The molecule has 20 heavy (non-hydrogen) atoms.